The van der Waals surface area contributed by atoms with Crippen LogP contribution in [0.3, 0.4) is 0 Å². The van der Waals surface area contributed by atoms with E-state index in [9.17, 15) is 0 Å². The predicted octanol–water partition coefficient (Wildman–Crippen LogP) is 0.350. The van der Waals surface area contributed by atoms with Crippen LogP contribution >= 0.6 is 0 Å². The van der Waals surface area contributed by atoms with Crippen LogP contribution in [0.25, 0.3) is 5.70 Å². The van der Waals surface area contributed by atoms with Crippen LogP contribution in [0.2, 0.25) is 0 Å². The number of hydrogen-bond acceptors (Lipinski definition) is 4. The molecule has 1 aliphatic rings. The molecule has 0 amide bonds. The number of rotatable bonds is 1. The minimum absolute atomic E-state index is 0.681. The van der Waals surface area contributed by atoms with Gasteiger partial charge in [-0.1, -0.05) is 30.3 Å². The van der Waals surface area contributed by atoms with Crippen molar-refractivity contribution in [1.82, 2.24) is 10.1 Å². The average Bonchev–Trinajstić information content (AvgIpc) is 2.43. The minimum atomic E-state index is 0.681. The Labute approximate surface area is 83.3 Å². The van der Waals surface area contributed by atoms with Crippen molar-refractivity contribution in [2.24, 2.45) is 11.6 Å². The van der Waals surface area contributed by atoms with Gasteiger partial charge < -0.3 is 5.73 Å². The maximum absolute atomic E-state index is 5.91. The smallest absolute Gasteiger partial charge is 0.0975 e. The number of likely N-dealkylation sites (N-methyl/N-ethyl adjacent to an activating group) is 1. The molecule has 0 saturated carbocycles. The molecule has 4 heteroatoms. The van der Waals surface area contributed by atoms with Gasteiger partial charge in [-0.25, -0.2) is 16.0 Å². The van der Waals surface area contributed by atoms with Gasteiger partial charge in [-0.05, 0) is 0 Å². The summed E-state index contributed by atoms with van der Waals surface area (Å²) >= 11 is 0. The highest BCUT2D eigenvalue weighted by molar-refractivity contribution is 5.67. The molecule has 0 fully saturated rings. The first-order valence-electron chi connectivity index (χ1n) is 4.50. The Bertz CT molecular complexity index is 358. The number of hydrazine groups is 2. The van der Waals surface area contributed by atoms with E-state index in [-0.39, 0.29) is 0 Å². The summed E-state index contributed by atoms with van der Waals surface area (Å²) in [6.45, 7) is 0.681. The van der Waals surface area contributed by atoms with E-state index in [0.717, 1.165) is 17.0 Å². The van der Waals surface area contributed by atoms with E-state index in [2.05, 4.69) is 0 Å². The number of benzene rings is 1. The molecule has 1 aliphatic heterocycles. The Morgan fingerprint density at radius 3 is 2.36 bits per heavy atom. The lowest BCUT2D eigenvalue weighted by molar-refractivity contribution is 0.0956. The van der Waals surface area contributed by atoms with Crippen molar-refractivity contribution in [3.8, 4) is 0 Å². The molecule has 0 aliphatic carbocycles. The van der Waals surface area contributed by atoms with Gasteiger partial charge >= 0.3 is 0 Å². The zero-order valence-corrected chi connectivity index (χ0v) is 8.14. The van der Waals surface area contributed by atoms with Crippen LogP contribution in [0.1, 0.15) is 5.56 Å². The van der Waals surface area contributed by atoms with Crippen LogP contribution in [0, 0.1) is 0 Å². The Balaban J connectivity index is 2.40. The summed E-state index contributed by atoms with van der Waals surface area (Å²) < 4.78 is 0. The van der Waals surface area contributed by atoms with Crippen LogP contribution in [0.4, 0.5) is 0 Å². The molecule has 0 spiro atoms. The largest absolute Gasteiger partial charge is 0.399 e. The molecule has 4 N–H and O–H groups in total. The molecule has 0 radical (unpaired) electrons. The first-order chi connectivity index (χ1) is 6.70. The third-order valence-electron chi connectivity index (χ3n) is 2.35. The van der Waals surface area contributed by atoms with Crippen LogP contribution in [-0.2, 0) is 0 Å². The summed E-state index contributed by atoms with van der Waals surface area (Å²) in [6.07, 6.45) is 0. The summed E-state index contributed by atoms with van der Waals surface area (Å²) in [5.74, 6) is 5.87. The molecule has 0 atom stereocenters. The predicted molar refractivity (Wildman–Crippen MR) is 56.2 cm³/mol. The lowest BCUT2D eigenvalue weighted by Gasteiger charge is -2.23. The highest BCUT2D eigenvalue weighted by Crippen LogP contribution is 2.24. The van der Waals surface area contributed by atoms with Gasteiger partial charge in [0.05, 0.1) is 17.9 Å². The minimum Gasteiger partial charge on any atom is -0.399 e. The van der Waals surface area contributed by atoms with Gasteiger partial charge in [0.1, 0.15) is 0 Å². The third-order valence-corrected chi connectivity index (χ3v) is 2.35. The van der Waals surface area contributed by atoms with Crippen LogP contribution in [0.5, 0.6) is 0 Å². The molecule has 1 aromatic rings. The van der Waals surface area contributed by atoms with Crippen molar-refractivity contribution in [3.05, 3.63) is 41.6 Å². The second-order valence-corrected chi connectivity index (χ2v) is 3.40. The Hall–Kier alpha value is -1.52. The van der Waals surface area contributed by atoms with Crippen LogP contribution < -0.4 is 11.6 Å². The maximum atomic E-state index is 5.91. The van der Waals surface area contributed by atoms with E-state index in [1.54, 1.807) is 5.12 Å². The van der Waals surface area contributed by atoms with Gasteiger partial charge in [-0.2, -0.15) is 0 Å². The van der Waals surface area contributed by atoms with Gasteiger partial charge in [-0.15, -0.1) is 0 Å². The van der Waals surface area contributed by atoms with Gasteiger partial charge in [0.15, 0.2) is 0 Å². The molecule has 1 heterocycles. The zero-order chi connectivity index (χ0) is 10.1. The molecule has 1 aromatic carbocycles. The van der Waals surface area contributed by atoms with Crippen LogP contribution in [-0.4, -0.2) is 23.7 Å². The van der Waals surface area contributed by atoms with Crippen LogP contribution in [0.15, 0.2) is 36.0 Å². The topological polar surface area (TPSA) is 58.5 Å². The summed E-state index contributed by atoms with van der Waals surface area (Å²) in [5.41, 5.74) is 8.66. The number of hydrogen-bond donors (Lipinski definition) is 2. The fourth-order valence-electron chi connectivity index (χ4n) is 1.63. The molecular weight excluding hydrogens is 176 g/mol. The monoisotopic (exact) mass is 190 g/mol. The van der Waals surface area contributed by atoms with Crippen molar-refractivity contribution in [3.63, 3.8) is 0 Å². The lowest BCUT2D eigenvalue weighted by Crippen LogP contribution is -2.39. The van der Waals surface area contributed by atoms with E-state index in [1.807, 2.05) is 42.4 Å². The van der Waals surface area contributed by atoms with Gasteiger partial charge in [0, 0.05) is 12.6 Å². The van der Waals surface area contributed by atoms with Gasteiger partial charge in [0.2, 0.25) is 0 Å². The van der Waals surface area contributed by atoms with Crippen molar-refractivity contribution < 1.29 is 0 Å². The Morgan fingerprint density at radius 2 is 1.86 bits per heavy atom. The molecule has 0 bridgehead atoms. The SMILES string of the molecule is CN1CC(N)=C(c2ccccc2)N1N. The van der Waals surface area contributed by atoms with Gasteiger partial charge in [-0.3, -0.25) is 0 Å². The third kappa shape index (κ3) is 1.34. The number of nitrogens with two attached hydrogens (primary N) is 2. The van der Waals surface area contributed by atoms with Crippen molar-refractivity contribution >= 4 is 5.70 Å². The fourth-order valence-corrected chi connectivity index (χ4v) is 1.63. The van der Waals surface area contributed by atoms with E-state index < -0.39 is 0 Å². The first kappa shape index (κ1) is 9.05. The van der Waals surface area contributed by atoms with Gasteiger partial charge in [0.25, 0.3) is 0 Å². The molecule has 2 rings (SSSR count). The standard InChI is InChI=1S/C10H14N4/c1-13-7-9(11)10(14(13)12)8-5-3-2-4-6-8/h2-6H,7,11-12H2,1H3. The summed E-state index contributed by atoms with van der Waals surface area (Å²) in [7, 11) is 1.91. The molecule has 14 heavy (non-hydrogen) atoms. The first-order valence-corrected chi connectivity index (χ1v) is 4.50. The Kier molecular flexibility index (Phi) is 2.15. The summed E-state index contributed by atoms with van der Waals surface area (Å²) in [5, 5.41) is 3.46. The quantitative estimate of drug-likeness (QED) is 0.627. The zero-order valence-electron chi connectivity index (χ0n) is 8.14. The van der Waals surface area contributed by atoms with E-state index >= 15 is 0 Å². The van der Waals surface area contributed by atoms with Crippen molar-refractivity contribution in [2.45, 2.75) is 0 Å². The molecule has 0 unspecified atom stereocenters. The molecule has 0 aromatic heterocycles. The van der Waals surface area contributed by atoms with E-state index in [0.29, 0.717) is 6.54 Å². The molecular formula is C10H14N4. The summed E-state index contributed by atoms with van der Waals surface area (Å²) in [6, 6.07) is 9.92. The highest BCUT2D eigenvalue weighted by Gasteiger charge is 2.23. The highest BCUT2D eigenvalue weighted by atomic mass is 15.8. The van der Waals surface area contributed by atoms with E-state index in [1.165, 1.54) is 0 Å². The summed E-state index contributed by atoms with van der Waals surface area (Å²) in [4.78, 5) is 0. The average molecular weight is 190 g/mol. The lowest BCUT2D eigenvalue weighted by atomic mass is 10.1. The second kappa shape index (κ2) is 3.32. The molecule has 4 nitrogen and oxygen atoms in total. The van der Waals surface area contributed by atoms with E-state index in [4.69, 9.17) is 11.6 Å². The molecule has 74 valence electrons. The van der Waals surface area contributed by atoms with Crippen molar-refractivity contribution in [2.75, 3.05) is 13.6 Å². The second-order valence-electron chi connectivity index (χ2n) is 3.40. The normalized spacial score (nSPS) is 18.0. The maximum Gasteiger partial charge on any atom is 0.0975 e. The molecule has 0 saturated heterocycles. The van der Waals surface area contributed by atoms with Crippen molar-refractivity contribution in [1.29, 1.82) is 0 Å². The Morgan fingerprint density at radius 1 is 1.21 bits per heavy atom. The fraction of sp³-hybridized carbons (Fsp3) is 0.200. The number of nitrogens with zero attached hydrogens (tertiary/aromatic N) is 2.